The highest BCUT2D eigenvalue weighted by molar-refractivity contribution is 6.30. The first kappa shape index (κ1) is 16.5. The minimum atomic E-state index is 0.304. The van der Waals surface area contributed by atoms with Crippen LogP contribution in [0, 0.1) is 6.92 Å². The molecular formula is C18H17ClN2O3. The summed E-state index contributed by atoms with van der Waals surface area (Å²) in [5.74, 6) is 1.97. The summed E-state index contributed by atoms with van der Waals surface area (Å²) in [4.78, 5) is 4.50. The normalized spacial score (nSPS) is 10.8. The summed E-state index contributed by atoms with van der Waals surface area (Å²) in [6.07, 6.45) is 0. The molecule has 0 radical (unpaired) electrons. The van der Waals surface area contributed by atoms with E-state index in [2.05, 4.69) is 10.5 Å². The Morgan fingerprint density at radius 1 is 1.21 bits per heavy atom. The molecule has 0 unspecified atom stereocenters. The second-order valence-electron chi connectivity index (χ2n) is 5.30. The predicted molar refractivity (Wildman–Crippen MR) is 91.1 cm³/mol. The fourth-order valence-corrected chi connectivity index (χ4v) is 2.39. The summed E-state index contributed by atoms with van der Waals surface area (Å²) in [7, 11) is 0. The Bertz CT molecular complexity index is 815. The maximum absolute atomic E-state index is 8.76. The molecule has 24 heavy (non-hydrogen) atoms. The van der Waals surface area contributed by atoms with Crippen LogP contribution in [-0.2, 0) is 13.2 Å². The first-order chi connectivity index (χ1) is 11.7. The van der Waals surface area contributed by atoms with Crippen molar-refractivity contribution in [3.05, 3.63) is 70.6 Å². The van der Waals surface area contributed by atoms with E-state index < -0.39 is 0 Å². The Labute approximate surface area is 144 Å². The smallest absolute Gasteiger partial charge is 0.226 e. The third kappa shape index (κ3) is 3.94. The summed E-state index contributed by atoms with van der Waals surface area (Å²) in [6, 6.07) is 14.8. The maximum atomic E-state index is 8.76. The lowest BCUT2D eigenvalue weighted by molar-refractivity contribution is 0.161. The van der Waals surface area contributed by atoms with E-state index in [1.165, 1.54) is 0 Å². The fraction of sp³-hybridized carbons (Fsp3) is 0.167. The monoisotopic (exact) mass is 344 g/mol. The van der Waals surface area contributed by atoms with Gasteiger partial charge in [0.25, 0.3) is 0 Å². The van der Waals surface area contributed by atoms with Gasteiger partial charge in [-0.05, 0) is 48.9 Å². The van der Waals surface area contributed by atoms with E-state index in [9.17, 15) is 0 Å². The fourth-order valence-electron chi connectivity index (χ4n) is 2.27. The second-order valence-corrected chi connectivity index (χ2v) is 5.74. The van der Waals surface area contributed by atoms with Crippen LogP contribution in [0.4, 0.5) is 0 Å². The zero-order chi connectivity index (χ0) is 16.9. The summed E-state index contributed by atoms with van der Waals surface area (Å²) in [5.41, 5.74) is 4.66. The van der Waals surface area contributed by atoms with Gasteiger partial charge in [0.2, 0.25) is 5.89 Å². The minimum absolute atomic E-state index is 0.304. The number of aryl methyl sites for hydroxylation is 1. The van der Waals surface area contributed by atoms with E-state index in [1.54, 1.807) is 12.1 Å². The van der Waals surface area contributed by atoms with Gasteiger partial charge in [-0.1, -0.05) is 23.7 Å². The molecule has 0 atom stereocenters. The highest BCUT2D eigenvalue weighted by atomic mass is 35.5. The first-order valence-corrected chi connectivity index (χ1v) is 7.84. The molecule has 1 heterocycles. The van der Waals surface area contributed by atoms with Crippen molar-refractivity contribution in [2.45, 2.75) is 20.1 Å². The number of ether oxygens (including phenoxy) is 1. The number of nitrogens with one attached hydrogen (secondary N) is 1. The number of aromatic nitrogens is 1. The Kier molecular flexibility index (Phi) is 5.15. The van der Waals surface area contributed by atoms with Crippen LogP contribution >= 0.6 is 11.6 Å². The van der Waals surface area contributed by atoms with Crippen LogP contribution in [0.3, 0.4) is 0 Å². The van der Waals surface area contributed by atoms with Crippen LogP contribution < -0.4 is 10.2 Å². The SMILES string of the molecule is Cc1oc(-c2ccc(Cl)cc2)nc1COc1cccc(CNO)c1. The summed E-state index contributed by atoms with van der Waals surface area (Å²) < 4.78 is 11.5. The van der Waals surface area contributed by atoms with Crippen LogP contribution in [0.1, 0.15) is 17.0 Å². The lowest BCUT2D eigenvalue weighted by Crippen LogP contribution is -2.06. The minimum Gasteiger partial charge on any atom is -0.487 e. The van der Waals surface area contributed by atoms with Crippen molar-refractivity contribution in [2.24, 2.45) is 0 Å². The standard InChI is InChI=1S/C18H17ClN2O3/c1-12-17(11-23-16-4-2-3-13(9-16)10-20-22)21-18(24-12)14-5-7-15(19)8-6-14/h2-9,20,22H,10-11H2,1H3. The molecule has 124 valence electrons. The molecule has 1 aromatic heterocycles. The molecule has 0 bridgehead atoms. The zero-order valence-electron chi connectivity index (χ0n) is 13.1. The average Bonchev–Trinajstić information content (AvgIpc) is 2.95. The molecule has 5 nitrogen and oxygen atoms in total. The summed E-state index contributed by atoms with van der Waals surface area (Å²) >= 11 is 5.90. The van der Waals surface area contributed by atoms with Gasteiger partial charge in [0.15, 0.2) is 0 Å². The molecule has 0 saturated carbocycles. The third-order valence-electron chi connectivity index (χ3n) is 3.54. The largest absolute Gasteiger partial charge is 0.487 e. The molecule has 0 saturated heterocycles. The number of hydroxylamine groups is 1. The number of benzene rings is 2. The quantitative estimate of drug-likeness (QED) is 0.650. The Morgan fingerprint density at radius 3 is 2.75 bits per heavy atom. The van der Waals surface area contributed by atoms with Gasteiger partial charge in [0, 0.05) is 17.1 Å². The Morgan fingerprint density at radius 2 is 2.00 bits per heavy atom. The van der Waals surface area contributed by atoms with Crippen molar-refractivity contribution in [3.63, 3.8) is 0 Å². The number of halogens is 1. The van der Waals surface area contributed by atoms with Gasteiger partial charge < -0.3 is 14.4 Å². The lowest BCUT2D eigenvalue weighted by atomic mass is 10.2. The molecule has 3 aromatic rings. The zero-order valence-corrected chi connectivity index (χ0v) is 13.9. The van der Waals surface area contributed by atoms with Crippen molar-refractivity contribution in [1.29, 1.82) is 0 Å². The number of hydrogen-bond acceptors (Lipinski definition) is 5. The molecule has 0 fully saturated rings. The number of rotatable bonds is 6. The maximum Gasteiger partial charge on any atom is 0.226 e. The number of hydrogen-bond donors (Lipinski definition) is 2. The van der Waals surface area contributed by atoms with Gasteiger partial charge in [0.05, 0.1) is 0 Å². The average molecular weight is 345 g/mol. The topological polar surface area (TPSA) is 67.5 Å². The molecule has 0 aliphatic heterocycles. The van der Waals surface area contributed by atoms with Gasteiger partial charge in [-0.15, -0.1) is 0 Å². The van der Waals surface area contributed by atoms with Crippen LogP contribution in [-0.4, -0.2) is 10.2 Å². The van der Waals surface area contributed by atoms with Gasteiger partial charge in [-0.3, -0.25) is 0 Å². The molecule has 0 amide bonds. The number of oxazole rings is 1. The molecular weight excluding hydrogens is 328 g/mol. The predicted octanol–water partition coefficient (Wildman–Crippen LogP) is 4.36. The summed E-state index contributed by atoms with van der Waals surface area (Å²) in [6.45, 7) is 2.52. The summed E-state index contributed by atoms with van der Waals surface area (Å²) in [5, 5.41) is 9.43. The van der Waals surface area contributed by atoms with Crippen LogP contribution in [0.25, 0.3) is 11.5 Å². The molecule has 0 aliphatic rings. The van der Waals surface area contributed by atoms with E-state index in [0.717, 1.165) is 16.8 Å². The van der Waals surface area contributed by atoms with E-state index in [-0.39, 0.29) is 0 Å². The van der Waals surface area contributed by atoms with Crippen LogP contribution in [0.5, 0.6) is 5.75 Å². The van der Waals surface area contributed by atoms with E-state index in [0.29, 0.717) is 35.6 Å². The van der Waals surface area contributed by atoms with E-state index in [1.807, 2.05) is 43.3 Å². The van der Waals surface area contributed by atoms with Crippen LogP contribution in [0.15, 0.2) is 52.9 Å². The highest BCUT2D eigenvalue weighted by Gasteiger charge is 2.12. The van der Waals surface area contributed by atoms with Crippen molar-refractivity contribution < 1.29 is 14.4 Å². The third-order valence-corrected chi connectivity index (χ3v) is 3.79. The van der Waals surface area contributed by atoms with Crippen molar-refractivity contribution in [1.82, 2.24) is 10.5 Å². The first-order valence-electron chi connectivity index (χ1n) is 7.46. The van der Waals surface area contributed by atoms with E-state index >= 15 is 0 Å². The molecule has 0 spiro atoms. The van der Waals surface area contributed by atoms with Crippen molar-refractivity contribution in [2.75, 3.05) is 0 Å². The number of nitrogens with zero attached hydrogens (tertiary/aromatic N) is 1. The van der Waals surface area contributed by atoms with E-state index in [4.69, 9.17) is 26.0 Å². The molecule has 6 heteroatoms. The van der Waals surface area contributed by atoms with Crippen molar-refractivity contribution >= 4 is 11.6 Å². The van der Waals surface area contributed by atoms with Gasteiger partial charge >= 0.3 is 0 Å². The molecule has 2 N–H and O–H groups in total. The van der Waals surface area contributed by atoms with Gasteiger partial charge in [-0.2, -0.15) is 0 Å². The molecule has 3 rings (SSSR count). The second kappa shape index (κ2) is 7.49. The Balaban J connectivity index is 1.72. The molecule has 0 aliphatic carbocycles. The van der Waals surface area contributed by atoms with Crippen molar-refractivity contribution in [3.8, 4) is 17.2 Å². The van der Waals surface area contributed by atoms with Crippen LogP contribution in [0.2, 0.25) is 5.02 Å². The molecule has 2 aromatic carbocycles. The highest BCUT2D eigenvalue weighted by Crippen LogP contribution is 2.24. The van der Waals surface area contributed by atoms with Gasteiger partial charge in [0.1, 0.15) is 23.8 Å². The van der Waals surface area contributed by atoms with Gasteiger partial charge in [-0.25, -0.2) is 10.5 Å². The lowest BCUT2D eigenvalue weighted by Gasteiger charge is -2.06. The Hall–Kier alpha value is -2.34.